The number of rotatable bonds is 2. The molecule has 0 aliphatic heterocycles. The molecular weight excluding hydrogens is 208 g/mol. The second-order valence-corrected chi connectivity index (χ2v) is 4.69. The van der Waals surface area contributed by atoms with Crippen molar-refractivity contribution in [2.75, 3.05) is 17.7 Å². The quantitative estimate of drug-likeness (QED) is 0.782. The molecule has 1 aliphatic carbocycles. The van der Waals surface area contributed by atoms with Crippen LogP contribution in [0.4, 0.5) is 11.4 Å². The minimum atomic E-state index is 0.647. The fourth-order valence-corrected chi connectivity index (χ4v) is 2.52. The summed E-state index contributed by atoms with van der Waals surface area (Å²) in [6.07, 6.45) is 5.22. The Morgan fingerprint density at radius 1 is 1.33 bits per heavy atom. The third-order valence-corrected chi connectivity index (χ3v) is 3.48. The number of hydrogen-bond acceptors (Lipinski definition) is 2. The Kier molecular flexibility index (Phi) is 3.06. The molecule has 0 bridgehead atoms. The van der Waals surface area contributed by atoms with E-state index in [0.29, 0.717) is 11.1 Å². The Bertz CT molecular complexity index is 345. The molecule has 0 unspecified atom stereocenters. The van der Waals surface area contributed by atoms with Crippen molar-refractivity contribution >= 4 is 23.0 Å². The second kappa shape index (κ2) is 4.31. The second-order valence-electron chi connectivity index (χ2n) is 4.25. The first-order valence-electron chi connectivity index (χ1n) is 5.46. The zero-order valence-electron chi connectivity index (χ0n) is 9.04. The fourth-order valence-electron chi connectivity index (χ4n) is 2.33. The van der Waals surface area contributed by atoms with Crippen molar-refractivity contribution in [2.45, 2.75) is 31.7 Å². The van der Waals surface area contributed by atoms with Gasteiger partial charge >= 0.3 is 0 Å². The molecule has 3 heteroatoms. The summed E-state index contributed by atoms with van der Waals surface area (Å²) >= 11 is 5.88. The van der Waals surface area contributed by atoms with Crippen LogP contribution in [0, 0.1) is 0 Å². The molecular formula is C12H17ClN2. The number of nitrogens with zero attached hydrogens (tertiary/aromatic N) is 1. The zero-order valence-corrected chi connectivity index (χ0v) is 9.80. The molecule has 2 nitrogen and oxygen atoms in total. The standard InChI is InChI=1S/C12H17ClN2/c1-15(10-4-2-3-5-10)12-7-6-9(13)8-11(12)14/h6-8,10H,2-5,14H2,1H3. The van der Waals surface area contributed by atoms with E-state index in [4.69, 9.17) is 17.3 Å². The summed E-state index contributed by atoms with van der Waals surface area (Å²) in [6.45, 7) is 0. The Labute approximate surface area is 96.0 Å². The Morgan fingerprint density at radius 2 is 2.00 bits per heavy atom. The first-order valence-corrected chi connectivity index (χ1v) is 5.84. The first kappa shape index (κ1) is 10.6. The van der Waals surface area contributed by atoms with E-state index in [1.807, 2.05) is 18.2 Å². The highest BCUT2D eigenvalue weighted by Crippen LogP contribution is 2.31. The van der Waals surface area contributed by atoms with Crippen LogP contribution < -0.4 is 10.6 Å². The third kappa shape index (κ3) is 2.20. The van der Waals surface area contributed by atoms with Gasteiger partial charge in [-0.05, 0) is 31.0 Å². The molecule has 15 heavy (non-hydrogen) atoms. The van der Waals surface area contributed by atoms with Gasteiger partial charge in [0, 0.05) is 18.1 Å². The molecule has 0 aromatic heterocycles. The molecule has 2 rings (SSSR count). The van der Waals surface area contributed by atoms with Gasteiger partial charge in [0.15, 0.2) is 0 Å². The Morgan fingerprint density at radius 3 is 2.60 bits per heavy atom. The lowest BCUT2D eigenvalue weighted by Gasteiger charge is -2.27. The van der Waals surface area contributed by atoms with Crippen LogP contribution in [0.25, 0.3) is 0 Å². The van der Waals surface area contributed by atoms with E-state index in [1.54, 1.807) is 0 Å². The van der Waals surface area contributed by atoms with Gasteiger partial charge in [-0.3, -0.25) is 0 Å². The van der Waals surface area contributed by atoms with Crippen LogP contribution in [-0.4, -0.2) is 13.1 Å². The van der Waals surface area contributed by atoms with Gasteiger partial charge in [-0.15, -0.1) is 0 Å². The van der Waals surface area contributed by atoms with Crippen LogP contribution in [0.15, 0.2) is 18.2 Å². The number of nitrogens with two attached hydrogens (primary N) is 1. The van der Waals surface area contributed by atoms with Gasteiger partial charge in [0.05, 0.1) is 11.4 Å². The third-order valence-electron chi connectivity index (χ3n) is 3.24. The molecule has 1 aromatic rings. The summed E-state index contributed by atoms with van der Waals surface area (Å²) in [5, 5.41) is 0.705. The zero-order chi connectivity index (χ0) is 10.8. The molecule has 1 saturated carbocycles. The summed E-state index contributed by atoms with van der Waals surface area (Å²) in [4.78, 5) is 2.29. The highest BCUT2D eigenvalue weighted by Gasteiger charge is 2.20. The van der Waals surface area contributed by atoms with E-state index in [-0.39, 0.29) is 0 Å². The fraction of sp³-hybridized carbons (Fsp3) is 0.500. The summed E-state index contributed by atoms with van der Waals surface area (Å²) in [6, 6.07) is 6.38. The number of hydrogen-bond donors (Lipinski definition) is 1. The molecule has 0 heterocycles. The van der Waals surface area contributed by atoms with Gasteiger partial charge in [-0.2, -0.15) is 0 Å². The molecule has 0 radical (unpaired) electrons. The maximum Gasteiger partial charge on any atom is 0.0600 e. The maximum absolute atomic E-state index is 5.96. The van der Waals surface area contributed by atoms with E-state index in [1.165, 1.54) is 25.7 Å². The normalized spacial score (nSPS) is 16.9. The van der Waals surface area contributed by atoms with Gasteiger partial charge in [0.25, 0.3) is 0 Å². The molecule has 2 N–H and O–H groups in total. The highest BCUT2D eigenvalue weighted by molar-refractivity contribution is 6.31. The summed E-state index contributed by atoms with van der Waals surface area (Å²) in [5.74, 6) is 0. The number of nitrogen functional groups attached to an aromatic ring is 1. The van der Waals surface area contributed by atoms with Crippen molar-refractivity contribution in [3.05, 3.63) is 23.2 Å². The minimum absolute atomic E-state index is 0.647. The Balaban J connectivity index is 2.20. The van der Waals surface area contributed by atoms with Gasteiger partial charge in [0.1, 0.15) is 0 Å². The topological polar surface area (TPSA) is 29.3 Å². The first-order chi connectivity index (χ1) is 7.18. The number of anilines is 2. The van der Waals surface area contributed by atoms with E-state index < -0.39 is 0 Å². The van der Waals surface area contributed by atoms with Gasteiger partial charge < -0.3 is 10.6 Å². The van der Waals surface area contributed by atoms with Crippen molar-refractivity contribution < 1.29 is 0 Å². The lowest BCUT2D eigenvalue weighted by atomic mass is 10.2. The number of benzene rings is 1. The van der Waals surface area contributed by atoms with Crippen LogP contribution in [0.2, 0.25) is 5.02 Å². The maximum atomic E-state index is 5.96. The molecule has 0 spiro atoms. The minimum Gasteiger partial charge on any atom is -0.397 e. The van der Waals surface area contributed by atoms with E-state index in [0.717, 1.165) is 11.4 Å². The van der Waals surface area contributed by atoms with E-state index in [2.05, 4.69) is 11.9 Å². The SMILES string of the molecule is CN(c1ccc(Cl)cc1N)C1CCCC1. The van der Waals surface area contributed by atoms with Crippen LogP contribution in [0.1, 0.15) is 25.7 Å². The highest BCUT2D eigenvalue weighted by atomic mass is 35.5. The van der Waals surface area contributed by atoms with Gasteiger partial charge in [0.2, 0.25) is 0 Å². The average molecular weight is 225 g/mol. The van der Waals surface area contributed by atoms with Crippen molar-refractivity contribution in [1.29, 1.82) is 0 Å². The Hall–Kier alpha value is -0.890. The van der Waals surface area contributed by atoms with Crippen LogP contribution >= 0.6 is 11.6 Å². The van der Waals surface area contributed by atoms with Crippen molar-refractivity contribution in [1.82, 2.24) is 0 Å². The number of halogens is 1. The largest absolute Gasteiger partial charge is 0.397 e. The average Bonchev–Trinajstić information content (AvgIpc) is 2.69. The van der Waals surface area contributed by atoms with E-state index in [9.17, 15) is 0 Å². The van der Waals surface area contributed by atoms with Gasteiger partial charge in [-0.1, -0.05) is 24.4 Å². The van der Waals surface area contributed by atoms with Gasteiger partial charge in [-0.25, -0.2) is 0 Å². The van der Waals surface area contributed by atoms with Crippen molar-refractivity contribution in [2.24, 2.45) is 0 Å². The molecule has 82 valence electrons. The van der Waals surface area contributed by atoms with Crippen molar-refractivity contribution in [3.63, 3.8) is 0 Å². The molecule has 0 amide bonds. The van der Waals surface area contributed by atoms with Crippen molar-refractivity contribution in [3.8, 4) is 0 Å². The predicted octanol–water partition coefficient (Wildman–Crippen LogP) is 3.30. The molecule has 0 atom stereocenters. The predicted molar refractivity (Wildman–Crippen MR) is 66.5 cm³/mol. The monoisotopic (exact) mass is 224 g/mol. The molecule has 1 fully saturated rings. The van der Waals surface area contributed by atoms with E-state index >= 15 is 0 Å². The molecule has 1 aromatic carbocycles. The molecule has 1 aliphatic rings. The summed E-state index contributed by atoms with van der Waals surface area (Å²) in [7, 11) is 2.12. The van der Waals surface area contributed by atoms with Crippen LogP contribution in [0.3, 0.4) is 0 Å². The summed E-state index contributed by atoms with van der Waals surface area (Å²) < 4.78 is 0. The smallest absolute Gasteiger partial charge is 0.0600 e. The lowest BCUT2D eigenvalue weighted by molar-refractivity contribution is 0.654. The lowest BCUT2D eigenvalue weighted by Crippen LogP contribution is -2.29. The van der Waals surface area contributed by atoms with Crippen LogP contribution in [-0.2, 0) is 0 Å². The molecule has 0 saturated heterocycles. The summed E-state index contributed by atoms with van der Waals surface area (Å²) in [5.41, 5.74) is 7.84. The van der Waals surface area contributed by atoms with Crippen LogP contribution in [0.5, 0.6) is 0 Å².